The molecule has 5 nitrogen and oxygen atoms in total. The number of carbonyl (C=O) groups excluding carboxylic acids is 1. The maximum atomic E-state index is 12.6. The monoisotopic (exact) mass is 341 g/mol. The predicted molar refractivity (Wildman–Crippen MR) is 97.9 cm³/mol. The van der Waals surface area contributed by atoms with Gasteiger partial charge in [-0.25, -0.2) is 0 Å². The fourth-order valence-corrected chi connectivity index (χ4v) is 3.45. The van der Waals surface area contributed by atoms with Gasteiger partial charge in [0.1, 0.15) is 0 Å². The van der Waals surface area contributed by atoms with Crippen molar-refractivity contribution in [2.75, 3.05) is 39.3 Å². The molecule has 2 aliphatic heterocycles. The van der Waals surface area contributed by atoms with Crippen LogP contribution in [-0.4, -0.2) is 66.2 Å². The third-order valence-corrected chi connectivity index (χ3v) is 4.81. The van der Waals surface area contributed by atoms with Crippen LogP contribution in [-0.2, 0) is 11.3 Å². The Morgan fingerprint density at radius 1 is 1.20 bits per heavy atom. The molecule has 25 heavy (non-hydrogen) atoms. The van der Waals surface area contributed by atoms with Crippen molar-refractivity contribution in [3.05, 3.63) is 35.4 Å². The van der Waals surface area contributed by atoms with Crippen LogP contribution in [0.1, 0.15) is 30.4 Å². The molecule has 2 heterocycles. The van der Waals surface area contributed by atoms with Gasteiger partial charge in [-0.3, -0.25) is 9.69 Å². The molecule has 2 N–H and O–H groups in total. The number of benzene rings is 1. The van der Waals surface area contributed by atoms with Crippen LogP contribution in [0, 0.1) is 11.8 Å². The van der Waals surface area contributed by atoms with Crippen LogP contribution in [0.5, 0.6) is 0 Å². The van der Waals surface area contributed by atoms with E-state index in [-0.39, 0.29) is 18.6 Å². The average molecular weight is 341 g/mol. The molecule has 1 aromatic rings. The zero-order chi connectivity index (χ0) is 17.5. The van der Waals surface area contributed by atoms with Crippen molar-refractivity contribution in [3.63, 3.8) is 0 Å². The normalized spacial score (nSPS) is 21.0. The number of piperazine rings is 1. The van der Waals surface area contributed by atoms with E-state index in [1.807, 2.05) is 17.0 Å². The maximum Gasteiger partial charge on any atom is 0.241 e. The zero-order valence-electron chi connectivity index (χ0n) is 14.7. The van der Waals surface area contributed by atoms with Crippen molar-refractivity contribution in [2.24, 2.45) is 0 Å². The molecule has 0 radical (unpaired) electrons. The van der Waals surface area contributed by atoms with Crippen LogP contribution in [0.4, 0.5) is 0 Å². The van der Waals surface area contributed by atoms with Crippen molar-refractivity contribution >= 4 is 5.91 Å². The van der Waals surface area contributed by atoms with Gasteiger partial charge in [-0.05, 0) is 30.5 Å². The Labute approximate surface area is 150 Å². The van der Waals surface area contributed by atoms with Crippen molar-refractivity contribution in [2.45, 2.75) is 31.8 Å². The second-order valence-electron chi connectivity index (χ2n) is 6.75. The number of hydrogen-bond acceptors (Lipinski definition) is 4. The SMILES string of the molecule is O=C([C@H]1CN(Cc2ccc(C#CCCO)cc2)CCN1)N1CCCC1. The zero-order valence-corrected chi connectivity index (χ0v) is 14.7. The van der Waals surface area contributed by atoms with Crippen LogP contribution in [0.15, 0.2) is 24.3 Å². The Morgan fingerprint density at radius 2 is 1.96 bits per heavy atom. The number of carbonyl (C=O) groups is 1. The number of aliphatic hydroxyl groups excluding tert-OH is 1. The number of hydrogen-bond donors (Lipinski definition) is 2. The quantitative estimate of drug-likeness (QED) is 0.796. The third kappa shape index (κ3) is 5.05. The van der Waals surface area contributed by atoms with E-state index in [4.69, 9.17) is 5.11 Å². The number of nitrogens with one attached hydrogen (secondary N) is 1. The summed E-state index contributed by atoms with van der Waals surface area (Å²) in [4.78, 5) is 16.9. The molecular weight excluding hydrogens is 314 g/mol. The van der Waals surface area contributed by atoms with Gasteiger partial charge in [0.2, 0.25) is 5.91 Å². The van der Waals surface area contributed by atoms with Gasteiger partial charge in [0, 0.05) is 51.3 Å². The summed E-state index contributed by atoms with van der Waals surface area (Å²) < 4.78 is 0. The first-order valence-electron chi connectivity index (χ1n) is 9.19. The standard InChI is InChI=1S/C20H27N3O2/c24-14-4-1-5-17-6-8-18(9-7-17)15-22-13-10-21-19(16-22)20(25)23-11-2-3-12-23/h6-9,19,21,24H,2-4,10-16H2/t19-/m1/s1. The second kappa shape index (κ2) is 9.00. The van der Waals surface area contributed by atoms with Crippen LogP contribution in [0.2, 0.25) is 0 Å². The van der Waals surface area contributed by atoms with E-state index in [0.717, 1.165) is 57.7 Å². The number of likely N-dealkylation sites (tertiary alicyclic amines) is 1. The largest absolute Gasteiger partial charge is 0.395 e. The smallest absolute Gasteiger partial charge is 0.241 e. The van der Waals surface area contributed by atoms with E-state index in [2.05, 4.69) is 34.2 Å². The highest BCUT2D eigenvalue weighted by atomic mass is 16.2. The summed E-state index contributed by atoms with van der Waals surface area (Å²) in [6.07, 6.45) is 2.78. The molecule has 1 atom stereocenters. The van der Waals surface area contributed by atoms with Gasteiger partial charge in [0.25, 0.3) is 0 Å². The summed E-state index contributed by atoms with van der Waals surface area (Å²) in [6, 6.07) is 8.17. The molecule has 0 aromatic heterocycles. The number of rotatable bonds is 4. The van der Waals surface area contributed by atoms with E-state index in [1.165, 1.54) is 5.56 Å². The molecule has 0 aliphatic carbocycles. The Balaban J connectivity index is 1.53. The lowest BCUT2D eigenvalue weighted by molar-refractivity contribution is -0.133. The first-order chi connectivity index (χ1) is 12.3. The van der Waals surface area contributed by atoms with E-state index in [9.17, 15) is 4.79 Å². The maximum absolute atomic E-state index is 12.6. The van der Waals surface area contributed by atoms with Gasteiger partial charge < -0.3 is 15.3 Å². The lowest BCUT2D eigenvalue weighted by Gasteiger charge is -2.34. The Bertz CT molecular complexity index is 627. The number of amides is 1. The summed E-state index contributed by atoms with van der Waals surface area (Å²) in [5.41, 5.74) is 2.21. The average Bonchev–Trinajstić information content (AvgIpc) is 3.18. The highest BCUT2D eigenvalue weighted by Crippen LogP contribution is 2.13. The highest BCUT2D eigenvalue weighted by molar-refractivity contribution is 5.82. The first kappa shape index (κ1) is 17.9. The molecule has 2 saturated heterocycles. The lowest BCUT2D eigenvalue weighted by Crippen LogP contribution is -2.57. The van der Waals surface area contributed by atoms with E-state index >= 15 is 0 Å². The fourth-order valence-electron chi connectivity index (χ4n) is 3.45. The van der Waals surface area contributed by atoms with Crippen molar-refractivity contribution < 1.29 is 9.90 Å². The molecule has 2 aliphatic rings. The van der Waals surface area contributed by atoms with Gasteiger partial charge in [0.15, 0.2) is 0 Å². The predicted octanol–water partition coefficient (Wildman–Crippen LogP) is 0.817. The minimum absolute atomic E-state index is 0.0736. The molecular formula is C20H27N3O2. The van der Waals surface area contributed by atoms with Gasteiger partial charge in [0.05, 0.1) is 12.6 Å². The molecule has 2 fully saturated rings. The molecule has 134 valence electrons. The fraction of sp³-hybridized carbons (Fsp3) is 0.550. The van der Waals surface area contributed by atoms with Gasteiger partial charge >= 0.3 is 0 Å². The van der Waals surface area contributed by atoms with Crippen LogP contribution < -0.4 is 5.32 Å². The summed E-state index contributed by atoms with van der Waals surface area (Å²) >= 11 is 0. The van der Waals surface area contributed by atoms with E-state index < -0.39 is 0 Å². The number of nitrogens with zero attached hydrogens (tertiary/aromatic N) is 2. The first-order valence-corrected chi connectivity index (χ1v) is 9.19. The Hall–Kier alpha value is -1.87. The van der Waals surface area contributed by atoms with Gasteiger partial charge in [-0.15, -0.1) is 0 Å². The lowest BCUT2D eigenvalue weighted by atomic mass is 10.1. The third-order valence-electron chi connectivity index (χ3n) is 4.81. The molecule has 0 saturated carbocycles. The Kier molecular flexibility index (Phi) is 6.46. The van der Waals surface area contributed by atoms with Crippen molar-refractivity contribution in [1.29, 1.82) is 0 Å². The molecule has 0 unspecified atom stereocenters. The molecule has 1 amide bonds. The molecule has 0 spiro atoms. The molecule has 5 heteroatoms. The summed E-state index contributed by atoms with van der Waals surface area (Å²) in [7, 11) is 0. The van der Waals surface area contributed by atoms with E-state index in [1.54, 1.807) is 0 Å². The van der Waals surface area contributed by atoms with E-state index in [0.29, 0.717) is 6.42 Å². The van der Waals surface area contributed by atoms with Gasteiger partial charge in [-0.1, -0.05) is 24.0 Å². The van der Waals surface area contributed by atoms with Crippen LogP contribution in [0.3, 0.4) is 0 Å². The molecule has 1 aromatic carbocycles. The molecule has 0 bridgehead atoms. The Morgan fingerprint density at radius 3 is 2.68 bits per heavy atom. The van der Waals surface area contributed by atoms with Gasteiger partial charge in [-0.2, -0.15) is 0 Å². The minimum Gasteiger partial charge on any atom is -0.395 e. The van der Waals surface area contributed by atoms with Crippen LogP contribution in [0.25, 0.3) is 0 Å². The van der Waals surface area contributed by atoms with Crippen molar-refractivity contribution in [3.8, 4) is 11.8 Å². The molecule has 3 rings (SSSR count). The second-order valence-corrected chi connectivity index (χ2v) is 6.75. The summed E-state index contributed by atoms with van der Waals surface area (Å²) in [5.74, 6) is 6.24. The minimum atomic E-state index is -0.0736. The number of aliphatic hydroxyl groups is 1. The topological polar surface area (TPSA) is 55.8 Å². The summed E-state index contributed by atoms with van der Waals surface area (Å²) in [5, 5.41) is 12.1. The summed E-state index contributed by atoms with van der Waals surface area (Å²) in [6.45, 7) is 5.37. The van der Waals surface area contributed by atoms with Crippen molar-refractivity contribution in [1.82, 2.24) is 15.1 Å². The van der Waals surface area contributed by atoms with Crippen LogP contribution >= 0.6 is 0 Å². The highest BCUT2D eigenvalue weighted by Gasteiger charge is 2.30.